The molecule has 3 nitrogen and oxygen atoms in total. The van der Waals surface area contributed by atoms with Gasteiger partial charge in [0.1, 0.15) is 5.82 Å². The SMILES string of the molecule is Cc1cc(C)cc(NC(N)=NCc2ccc(F)c(Cl)c2)c1. The lowest BCUT2D eigenvalue weighted by molar-refractivity contribution is 0.627. The van der Waals surface area contributed by atoms with E-state index >= 15 is 0 Å². The Morgan fingerprint density at radius 1 is 1.19 bits per heavy atom. The van der Waals surface area contributed by atoms with E-state index in [1.807, 2.05) is 26.0 Å². The van der Waals surface area contributed by atoms with Gasteiger partial charge in [0.05, 0.1) is 11.6 Å². The second-order valence-corrected chi connectivity index (χ2v) is 5.36. The van der Waals surface area contributed by atoms with Crippen LogP contribution in [0.25, 0.3) is 0 Å². The summed E-state index contributed by atoms with van der Waals surface area (Å²) in [5.41, 5.74) is 9.84. The van der Waals surface area contributed by atoms with E-state index in [0.717, 1.165) is 22.4 Å². The molecule has 2 aromatic rings. The fourth-order valence-electron chi connectivity index (χ4n) is 2.05. The van der Waals surface area contributed by atoms with Crippen molar-refractivity contribution >= 4 is 23.2 Å². The maximum atomic E-state index is 13.1. The first-order valence-corrected chi connectivity index (χ1v) is 6.91. The van der Waals surface area contributed by atoms with E-state index in [4.69, 9.17) is 17.3 Å². The summed E-state index contributed by atoms with van der Waals surface area (Å²) >= 11 is 5.72. The smallest absolute Gasteiger partial charge is 0.193 e. The zero-order chi connectivity index (χ0) is 15.4. The van der Waals surface area contributed by atoms with Crippen LogP contribution in [0.1, 0.15) is 16.7 Å². The van der Waals surface area contributed by atoms with Crippen LogP contribution in [0, 0.1) is 19.7 Å². The van der Waals surface area contributed by atoms with E-state index in [9.17, 15) is 4.39 Å². The standard InChI is InChI=1S/C16H17ClFN3/c1-10-5-11(2)7-13(6-10)21-16(19)20-9-12-3-4-15(18)14(17)8-12/h3-8H,9H2,1-2H3,(H3,19,20,21). The molecule has 0 heterocycles. The summed E-state index contributed by atoms with van der Waals surface area (Å²) in [6.45, 7) is 4.38. The van der Waals surface area contributed by atoms with Gasteiger partial charge in [-0.2, -0.15) is 0 Å². The number of benzene rings is 2. The molecule has 0 amide bonds. The predicted molar refractivity (Wildman–Crippen MR) is 86.3 cm³/mol. The van der Waals surface area contributed by atoms with Gasteiger partial charge in [0.25, 0.3) is 0 Å². The van der Waals surface area contributed by atoms with Crippen molar-refractivity contribution in [1.82, 2.24) is 0 Å². The Morgan fingerprint density at radius 3 is 2.48 bits per heavy atom. The second-order valence-electron chi connectivity index (χ2n) is 4.95. The average molecular weight is 306 g/mol. The Labute approximate surface area is 128 Å². The van der Waals surface area contributed by atoms with Crippen LogP contribution >= 0.6 is 11.6 Å². The fraction of sp³-hybridized carbons (Fsp3) is 0.188. The summed E-state index contributed by atoms with van der Waals surface area (Å²) in [4.78, 5) is 4.22. The number of halogens is 2. The highest BCUT2D eigenvalue weighted by Gasteiger charge is 2.01. The lowest BCUT2D eigenvalue weighted by atomic mass is 10.1. The molecule has 0 saturated carbocycles. The molecule has 110 valence electrons. The Kier molecular flexibility index (Phi) is 4.81. The van der Waals surface area contributed by atoms with Gasteiger partial charge in [-0.15, -0.1) is 0 Å². The van der Waals surface area contributed by atoms with Crippen LogP contribution in [0.5, 0.6) is 0 Å². The lowest BCUT2D eigenvalue weighted by Crippen LogP contribution is -2.22. The topological polar surface area (TPSA) is 50.4 Å². The molecule has 0 spiro atoms. The van der Waals surface area contributed by atoms with Gasteiger partial charge in [-0.3, -0.25) is 0 Å². The summed E-state index contributed by atoms with van der Waals surface area (Å²) in [6.07, 6.45) is 0. The van der Waals surface area contributed by atoms with E-state index in [0.29, 0.717) is 12.5 Å². The molecule has 0 aliphatic carbocycles. The van der Waals surface area contributed by atoms with Crippen LogP contribution in [-0.2, 0) is 6.54 Å². The van der Waals surface area contributed by atoms with Crippen LogP contribution in [0.4, 0.5) is 10.1 Å². The highest BCUT2D eigenvalue weighted by Crippen LogP contribution is 2.17. The maximum absolute atomic E-state index is 13.1. The van der Waals surface area contributed by atoms with Gasteiger partial charge in [-0.05, 0) is 54.8 Å². The highest BCUT2D eigenvalue weighted by molar-refractivity contribution is 6.30. The first-order chi connectivity index (χ1) is 9.94. The quantitative estimate of drug-likeness (QED) is 0.664. The van der Waals surface area contributed by atoms with Gasteiger partial charge >= 0.3 is 0 Å². The molecule has 0 radical (unpaired) electrons. The highest BCUT2D eigenvalue weighted by atomic mass is 35.5. The summed E-state index contributed by atoms with van der Waals surface area (Å²) in [5.74, 6) is -0.133. The molecule has 0 aromatic heterocycles. The Hall–Kier alpha value is -2.07. The van der Waals surface area contributed by atoms with E-state index in [1.165, 1.54) is 6.07 Å². The number of aryl methyl sites for hydroxylation is 2. The number of rotatable bonds is 3. The van der Waals surface area contributed by atoms with Crippen molar-refractivity contribution in [2.45, 2.75) is 20.4 Å². The number of nitrogens with one attached hydrogen (secondary N) is 1. The number of nitrogens with two attached hydrogens (primary N) is 1. The molecule has 21 heavy (non-hydrogen) atoms. The third kappa shape index (κ3) is 4.46. The molecule has 0 fully saturated rings. The van der Waals surface area contributed by atoms with Crippen molar-refractivity contribution in [2.24, 2.45) is 10.7 Å². The molecule has 5 heteroatoms. The van der Waals surface area contributed by atoms with Crippen molar-refractivity contribution in [3.63, 3.8) is 0 Å². The summed E-state index contributed by atoms with van der Waals surface area (Å²) in [6, 6.07) is 10.6. The van der Waals surface area contributed by atoms with Gasteiger partial charge in [0, 0.05) is 5.69 Å². The number of hydrogen-bond acceptors (Lipinski definition) is 1. The van der Waals surface area contributed by atoms with E-state index in [-0.39, 0.29) is 5.02 Å². The Morgan fingerprint density at radius 2 is 1.86 bits per heavy atom. The number of guanidine groups is 1. The maximum Gasteiger partial charge on any atom is 0.193 e. The van der Waals surface area contributed by atoms with Crippen LogP contribution in [0.2, 0.25) is 5.02 Å². The van der Waals surface area contributed by atoms with Crippen molar-refractivity contribution in [3.8, 4) is 0 Å². The summed E-state index contributed by atoms with van der Waals surface area (Å²) in [5, 5.41) is 3.13. The molecule has 2 aromatic carbocycles. The fourth-order valence-corrected chi connectivity index (χ4v) is 2.25. The number of aliphatic imine (C=N–C) groups is 1. The van der Waals surface area contributed by atoms with Gasteiger partial charge in [-0.1, -0.05) is 23.7 Å². The van der Waals surface area contributed by atoms with Crippen molar-refractivity contribution in [1.29, 1.82) is 0 Å². The van der Waals surface area contributed by atoms with Crippen LogP contribution in [0.15, 0.2) is 41.4 Å². The first-order valence-electron chi connectivity index (χ1n) is 6.53. The molecule has 0 aliphatic heterocycles. The molecular formula is C16H17ClFN3. The molecule has 0 saturated heterocycles. The van der Waals surface area contributed by atoms with Crippen molar-refractivity contribution in [2.75, 3.05) is 5.32 Å². The Bertz CT molecular complexity index is 663. The minimum absolute atomic E-state index is 0.0866. The van der Waals surface area contributed by atoms with E-state index in [2.05, 4.69) is 16.4 Å². The van der Waals surface area contributed by atoms with E-state index < -0.39 is 5.82 Å². The molecule has 0 aliphatic rings. The normalized spacial score (nSPS) is 11.5. The third-order valence-electron chi connectivity index (χ3n) is 2.91. The largest absolute Gasteiger partial charge is 0.370 e. The average Bonchev–Trinajstić information content (AvgIpc) is 2.39. The lowest BCUT2D eigenvalue weighted by Gasteiger charge is -2.08. The van der Waals surface area contributed by atoms with Crippen LogP contribution < -0.4 is 11.1 Å². The van der Waals surface area contributed by atoms with Crippen molar-refractivity contribution in [3.05, 3.63) is 63.9 Å². The first kappa shape index (κ1) is 15.3. The van der Waals surface area contributed by atoms with Gasteiger partial charge < -0.3 is 11.1 Å². The number of nitrogens with zero attached hydrogens (tertiary/aromatic N) is 1. The van der Waals surface area contributed by atoms with E-state index in [1.54, 1.807) is 12.1 Å². The number of hydrogen-bond donors (Lipinski definition) is 2. The summed E-state index contributed by atoms with van der Waals surface area (Å²) in [7, 11) is 0. The van der Waals surface area contributed by atoms with Gasteiger partial charge in [0.15, 0.2) is 5.96 Å². The molecule has 0 unspecified atom stereocenters. The minimum Gasteiger partial charge on any atom is -0.370 e. The minimum atomic E-state index is -0.439. The predicted octanol–water partition coefficient (Wildman–Crippen LogP) is 4.02. The summed E-state index contributed by atoms with van der Waals surface area (Å²) < 4.78 is 13.1. The third-order valence-corrected chi connectivity index (χ3v) is 3.20. The monoisotopic (exact) mass is 305 g/mol. The van der Waals surface area contributed by atoms with Gasteiger partial charge in [-0.25, -0.2) is 9.38 Å². The van der Waals surface area contributed by atoms with Crippen molar-refractivity contribution < 1.29 is 4.39 Å². The molecule has 3 N–H and O–H groups in total. The molecular weight excluding hydrogens is 289 g/mol. The van der Waals surface area contributed by atoms with Crippen LogP contribution in [-0.4, -0.2) is 5.96 Å². The molecule has 0 bridgehead atoms. The zero-order valence-corrected chi connectivity index (χ0v) is 12.7. The second kappa shape index (κ2) is 6.59. The Balaban J connectivity index is 2.05. The zero-order valence-electron chi connectivity index (χ0n) is 12.0. The molecule has 2 rings (SSSR count). The van der Waals surface area contributed by atoms with Crippen LogP contribution in [0.3, 0.4) is 0 Å². The van der Waals surface area contributed by atoms with Gasteiger partial charge in [0.2, 0.25) is 0 Å². The number of anilines is 1. The molecule has 0 atom stereocenters.